The number of primary amides is 1. The van der Waals surface area contributed by atoms with Gasteiger partial charge in [-0.15, -0.1) is 23.1 Å². The summed E-state index contributed by atoms with van der Waals surface area (Å²) in [7, 11) is 0. The lowest BCUT2D eigenvalue weighted by molar-refractivity contribution is 0.0512. The smallest absolute Gasteiger partial charge is 0.374 e. The summed E-state index contributed by atoms with van der Waals surface area (Å²) < 4.78 is 5.63. The summed E-state index contributed by atoms with van der Waals surface area (Å²) in [6.07, 6.45) is 1.76. The lowest BCUT2D eigenvalue weighted by atomic mass is 10.2. The zero-order valence-electron chi connectivity index (χ0n) is 10.7. The molecular weight excluding hydrogens is 302 g/mol. The molecule has 106 valence electrons. The van der Waals surface area contributed by atoms with Crippen LogP contribution >= 0.6 is 23.1 Å². The standard InChI is InChI=1S/C11H11N3O4S2/c1-3-18-10(17)8-13-5-4(7(12)15)11(19-2)20-6(5)9(16)14-8/h3H2,1-2H3,(H2,12,15)(H,13,14,16). The van der Waals surface area contributed by atoms with Crippen molar-refractivity contribution in [2.75, 3.05) is 12.9 Å². The molecule has 0 bridgehead atoms. The molecule has 0 fully saturated rings. The first kappa shape index (κ1) is 14.5. The van der Waals surface area contributed by atoms with E-state index >= 15 is 0 Å². The van der Waals surface area contributed by atoms with Crippen LogP contribution in [0.1, 0.15) is 27.9 Å². The highest BCUT2D eigenvalue weighted by atomic mass is 32.2. The first-order chi connectivity index (χ1) is 9.49. The molecule has 0 aromatic carbocycles. The number of fused-ring (bicyclic) bond motifs is 1. The van der Waals surface area contributed by atoms with Gasteiger partial charge in [0.2, 0.25) is 5.82 Å². The number of carbonyl (C=O) groups excluding carboxylic acids is 2. The highest BCUT2D eigenvalue weighted by molar-refractivity contribution is 8.00. The van der Waals surface area contributed by atoms with Crippen molar-refractivity contribution >= 4 is 45.2 Å². The topological polar surface area (TPSA) is 115 Å². The van der Waals surface area contributed by atoms with Crippen LogP contribution in [-0.2, 0) is 4.74 Å². The van der Waals surface area contributed by atoms with Crippen LogP contribution in [0, 0.1) is 0 Å². The van der Waals surface area contributed by atoms with Crippen molar-refractivity contribution in [1.29, 1.82) is 0 Å². The van der Waals surface area contributed by atoms with Crippen molar-refractivity contribution in [2.24, 2.45) is 5.73 Å². The van der Waals surface area contributed by atoms with E-state index < -0.39 is 17.4 Å². The van der Waals surface area contributed by atoms with Crippen molar-refractivity contribution in [3.05, 3.63) is 21.7 Å². The molecule has 0 unspecified atom stereocenters. The molecule has 0 aliphatic rings. The van der Waals surface area contributed by atoms with E-state index in [1.807, 2.05) is 0 Å². The van der Waals surface area contributed by atoms with Gasteiger partial charge in [0, 0.05) is 0 Å². The van der Waals surface area contributed by atoms with Gasteiger partial charge in [-0.25, -0.2) is 9.78 Å². The van der Waals surface area contributed by atoms with Crippen LogP contribution in [0.3, 0.4) is 0 Å². The van der Waals surface area contributed by atoms with Gasteiger partial charge in [-0.3, -0.25) is 14.6 Å². The summed E-state index contributed by atoms with van der Waals surface area (Å²) in [6.45, 7) is 1.79. The highest BCUT2D eigenvalue weighted by Gasteiger charge is 2.22. The minimum atomic E-state index is -0.751. The number of nitrogens with two attached hydrogens (primary N) is 1. The monoisotopic (exact) mass is 313 g/mol. The van der Waals surface area contributed by atoms with Crippen LogP contribution in [0.5, 0.6) is 0 Å². The first-order valence-electron chi connectivity index (χ1n) is 5.57. The van der Waals surface area contributed by atoms with Gasteiger partial charge in [-0.2, -0.15) is 0 Å². The van der Waals surface area contributed by atoms with E-state index in [4.69, 9.17) is 10.5 Å². The van der Waals surface area contributed by atoms with Gasteiger partial charge in [-0.05, 0) is 13.2 Å². The van der Waals surface area contributed by atoms with E-state index in [2.05, 4.69) is 9.97 Å². The number of esters is 1. The Morgan fingerprint density at radius 1 is 1.50 bits per heavy atom. The Balaban J connectivity index is 2.75. The van der Waals surface area contributed by atoms with E-state index in [-0.39, 0.29) is 28.2 Å². The summed E-state index contributed by atoms with van der Waals surface area (Å²) in [4.78, 5) is 41.5. The summed E-state index contributed by atoms with van der Waals surface area (Å²) in [5.41, 5.74) is 5.13. The van der Waals surface area contributed by atoms with Crippen LogP contribution in [0.4, 0.5) is 0 Å². The number of hydrogen-bond acceptors (Lipinski definition) is 7. The van der Waals surface area contributed by atoms with Crippen LogP contribution < -0.4 is 11.3 Å². The normalized spacial score (nSPS) is 10.7. The molecule has 0 atom stereocenters. The Morgan fingerprint density at radius 2 is 2.20 bits per heavy atom. The van der Waals surface area contributed by atoms with E-state index in [1.54, 1.807) is 13.2 Å². The molecule has 0 aliphatic carbocycles. The summed E-state index contributed by atoms with van der Waals surface area (Å²) in [5.74, 6) is -1.68. The fraction of sp³-hybridized carbons (Fsp3) is 0.273. The van der Waals surface area contributed by atoms with Gasteiger partial charge in [0.15, 0.2) is 0 Å². The fourth-order valence-corrected chi connectivity index (χ4v) is 3.48. The van der Waals surface area contributed by atoms with Crippen molar-refractivity contribution in [1.82, 2.24) is 9.97 Å². The number of nitrogens with zero attached hydrogens (tertiary/aromatic N) is 1. The molecule has 0 aliphatic heterocycles. The number of ether oxygens (including phenoxy) is 1. The number of H-pyrrole nitrogens is 1. The quantitative estimate of drug-likeness (QED) is 0.642. The molecule has 2 aromatic rings. The van der Waals surface area contributed by atoms with Gasteiger partial charge < -0.3 is 10.5 Å². The number of carbonyl (C=O) groups is 2. The fourth-order valence-electron chi connectivity index (χ4n) is 1.62. The molecule has 0 spiro atoms. The SMILES string of the molecule is CCOC(=O)c1nc2c(C(N)=O)c(SC)sc2c(=O)[nH]1. The van der Waals surface area contributed by atoms with Gasteiger partial charge in [0.25, 0.3) is 11.5 Å². The average molecular weight is 313 g/mol. The molecule has 2 rings (SSSR count). The van der Waals surface area contributed by atoms with Gasteiger partial charge >= 0.3 is 5.97 Å². The zero-order valence-corrected chi connectivity index (χ0v) is 12.3. The second kappa shape index (κ2) is 5.63. The second-order valence-electron chi connectivity index (χ2n) is 3.65. The number of aromatic nitrogens is 2. The number of amides is 1. The third kappa shape index (κ3) is 2.41. The number of thioether (sulfide) groups is 1. The van der Waals surface area contributed by atoms with Gasteiger partial charge in [-0.1, -0.05) is 0 Å². The summed E-state index contributed by atoms with van der Waals surface area (Å²) >= 11 is 2.41. The maximum Gasteiger partial charge on any atom is 0.374 e. The molecule has 0 saturated carbocycles. The Labute approximate surface area is 121 Å². The Hall–Kier alpha value is -1.87. The second-order valence-corrected chi connectivity index (χ2v) is 5.74. The Bertz CT molecular complexity index is 750. The zero-order chi connectivity index (χ0) is 14.9. The molecule has 0 saturated heterocycles. The number of hydrogen-bond donors (Lipinski definition) is 2. The predicted molar refractivity (Wildman–Crippen MR) is 76.5 cm³/mol. The number of nitrogens with one attached hydrogen (secondary N) is 1. The number of thiophene rings is 1. The minimum absolute atomic E-state index is 0.138. The van der Waals surface area contributed by atoms with Crippen molar-refractivity contribution in [3.63, 3.8) is 0 Å². The maximum absolute atomic E-state index is 12.0. The summed E-state index contributed by atoms with van der Waals surface area (Å²) in [6, 6.07) is 0. The third-order valence-electron chi connectivity index (χ3n) is 2.41. The number of rotatable bonds is 4. The largest absolute Gasteiger partial charge is 0.460 e. The highest BCUT2D eigenvalue weighted by Crippen LogP contribution is 2.34. The van der Waals surface area contributed by atoms with Gasteiger partial charge in [0.1, 0.15) is 10.2 Å². The lowest BCUT2D eigenvalue weighted by Crippen LogP contribution is -2.18. The van der Waals surface area contributed by atoms with Crippen LogP contribution in [0.25, 0.3) is 10.2 Å². The molecule has 2 heterocycles. The molecule has 7 nitrogen and oxygen atoms in total. The van der Waals surface area contributed by atoms with Gasteiger partial charge in [0.05, 0.1) is 16.4 Å². The minimum Gasteiger partial charge on any atom is -0.460 e. The van der Waals surface area contributed by atoms with Crippen molar-refractivity contribution in [3.8, 4) is 0 Å². The van der Waals surface area contributed by atoms with E-state index in [9.17, 15) is 14.4 Å². The van der Waals surface area contributed by atoms with Crippen molar-refractivity contribution in [2.45, 2.75) is 11.1 Å². The molecule has 3 N–H and O–H groups in total. The third-order valence-corrected chi connectivity index (χ3v) is 4.71. The van der Waals surface area contributed by atoms with Crippen LogP contribution in [-0.4, -0.2) is 34.7 Å². The maximum atomic E-state index is 12.0. The molecule has 2 aromatic heterocycles. The molecule has 0 radical (unpaired) electrons. The molecule has 9 heteroatoms. The molecule has 1 amide bonds. The summed E-state index contributed by atoms with van der Waals surface area (Å²) in [5, 5.41) is 0. The predicted octanol–water partition coefficient (Wildman–Crippen LogP) is 0.982. The van der Waals surface area contributed by atoms with Crippen molar-refractivity contribution < 1.29 is 14.3 Å². The van der Waals surface area contributed by atoms with Crippen LogP contribution in [0.15, 0.2) is 9.00 Å². The Morgan fingerprint density at radius 3 is 2.75 bits per heavy atom. The average Bonchev–Trinajstić information content (AvgIpc) is 2.78. The molecule has 20 heavy (non-hydrogen) atoms. The van der Waals surface area contributed by atoms with Crippen LogP contribution in [0.2, 0.25) is 0 Å². The lowest BCUT2D eigenvalue weighted by Gasteiger charge is -2.01. The van der Waals surface area contributed by atoms with E-state index in [0.717, 1.165) is 11.3 Å². The Kier molecular flexibility index (Phi) is 4.09. The first-order valence-corrected chi connectivity index (χ1v) is 7.61. The van der Waals surface area contributed by atoms with E-state index in [1.165, 1.54) is 11.8 Å². The number of aromatic amines is 1. The van der Waals surface area contributed by atoms with E-state index in [0.29, 0.717) is 4.21 Å². The molecular formula is C11H11N3O4S2.